The number of benzene rings is 3. The Morgan fingerprint density at radius 3 is 2.32 bits per heavy atom. The van der Waals surface area contributed by atoms with E-state index in [1.807, 2.05) is 49.5 Å². The van der Waals surface area contributed by atoms with Crippen LogP contribution in [0.1, 0.15) is 22.7 Å². The van der Waals surface area contributed by atoms with Gasteiger partial charge in [-0.25, -0.2) is 8.42 Å². The molecule has 1 heterocycles. The van der Waals surface area contributed by atoms with Gasteiger partial charge in [0.05, 0.1) is 10.9 Å². The molecule has 0 saturated heterocycles. The highest BCUT2D eigenvalue weighted by atomic mass is 35.5. The molecule has 0 aliphatic carbocycles. The number of nitrogens with one attached hydrogen (secondary N) is 2. The van der Waals surface area contributed by atoms with Crippen LogP contribution < -0.4 is 4.72 Å². The zero-order chi connectivity index (χ0) is 19.7. The summed E-state index contributed by atoms with van der Waals surface area (Å²) in [6.45, 7) is 1.92. The van der Waals surface area contributed by atoms with E-state index >= 15 is 0 Å². The second-order valence-electron chi connectivity index (χ2n) is 6.71. The van der Waals surface area contributed by atoms with Crippen LogP contribution >= 0.6 is 11.6 Å². The Morgan fingerprint density at radius 2 is 1.61 bits per heavy atom. The fourth-order valence-electron chi connectivity index (χ4n) is 3.24. The van der Waals surface area contributed by atoms with Crippen molar-refractivity contribution in [2.75, 3.05) is 0 Å². The van der Waals surface area contributed by atoms with Crippen molar-refractivity contribution in [2.24, 2.45) is 0 Å². The molecular weight excluding hydrogens is 392 g/mol. The maximum atomic E-state index is 13.1. The minimum atomic E-state index is -3.73. The van der Waals surface area contributed by atoms with Crippen molar-refractivity contribution >= 4 is 32.5 Å². The van der Waals surface area contributed by atoms with Crippen LogP contribution in [0.4, 0.5) is 0 Å². The minimum Gasteiger partial charge on any atom is -0.361 e. The number of H-pyrrole nitrogens is 1. The average Bonchev–Trinajstić information content (AvgIpc) is 3.11. The van der Waals surface area contributed by atoms with Crippen LogP contribution in [0, 0.1) is 6.92 Å². The Kier molecular flexibility index (Phi) is 4.98. The van der Waals surface area contributed by atoms with Gasteiger partial charge in [0.15, 0.2) is 0 Å². The summed E-state index contributed by atoms with van der Waals surface area (Å²) in [6.07, 6.45) is 1.85. The van der Waals surface area contributed by atoms with Crippen LogP contribution in [0.15, 0.2) is 83.9 Å². The average molecular weight is 411 g/mol. The number of para-hydroxylation sites is 1. The number of sulfonamides is 1. The molecule has 0 spiro atoms. The first-order chi connectivity index (χ1) is 13.4. The Labute approximate surface area is 169 Å². The summed E-state index contributed by atoms with van der Waals surface area (Å²) < 4.78 is 29.0. The highest BCUT2D eigenvalue weighted by Crippen LogP contribution is 2.31. The Balaban J connectivity index is 1.81. The summed E-state index contributed by atoms with van der Waals surface area (Å²) in [5.74, 6) is 0. The number of aromatic amines is 1. The molecular formula is C22H19ClN2O2S. The first-order valence-electron chi connectivity index (χ1n) is 8.84. The number of fused-ring (bicyclic) bond motifs is 1. The van der Waals surface area contributed by atoms with Gasteiger partial charge in [0.2, 0.25) is 10.0 Å². The monoisotopic (exact) mass is 410 g/mol. The van der Waals surface area contributed by atoms with Crippen LogP contribution in [-0.4, -0.2) is 13.4 Å². The molecule has 0 aliphatic rings. The predicted molar refractivity (Wildman–Crippen MR) is 113 cm³/mol. The van der Waals surface area contributed by atoms with Crippen molar-refractivity contribution < 1.29 is 8.42 Å². The molecule has 0 unspecified atom stereocenters. The first-order valence-corrected chi connectivity index (χ1v) is 10.7. The molecule has 4 rings (SSSR count). The van der Waals surface area contributed by atoms with Gasteiger partial charge < -0.3 is 4.98 Å². The van der Waals surface area contributed by atoms with Crippen LogP contribution in [0.5, 0.6) is 0 Å². The van der Waals surface area contributed by atoms with Gasteiger partial charge in [0, 0.05) is 22.1 Å². The normalized spacial score (nSPS) is 12.9. The standard InChI is InChI=1S/C22H19ClN2O2S/c1-15-6-12-18(13-7-15)28(26,27)25-22(16-8-10-17(23)11-9-16)20-14-24-21-5-3-2-4-19(20)21/h2-14,22,24-25H,1H3/t22-/m0/s1. The van der Waals surface area contributed by atoms with E-state index in [9.17, 15) is 8.42 Å². The lowest BCUT2D eigenvalue weighted by Gasteiger charge is -2.19. The van der Waals surface area contributed by atoms with E-state index in [2.05, 4.69) is 9.71 Å². The Bertz CT molecular complexity index is 1210. The molecule has 0 amide bonds. The minimum absolute atomic E-state index is 0.233. The summed E-state index contributed by atoms with van der Waals surface area (Å²) in [7, 11) is -3.73. The smallest absolute Gasteiger partial charge is 0.241 e. The van der Waals surface area contributed by atoms with Crippen LogP contribution in [0.25, 0.3) is 10.9 Å². The molecule has 0 radical (unpaired) electrons. The third-order valence-electron chi connectivity index (χ3n) is 4.74. The largest absolute Gasteiger partial charge is 0.361 e. The molecule has 2 N–H and O–H groups in total. The lowest BCUT2D eigenvalue weighted by Crippen LogP contribution is -2.29. The van der Waals surface area contributed by atoms with Crippen molar-refractivity contribution in [3.63, 3.8) is 0 Å². The number of hydrogen-bond donors (Lipinski definition) is 2. The summed E-state index contributed by atoms with van der Waals surface area (Å²) in [5.41, 5.74) is 3.62. The second kappa shape index (κ2) is 7.43. The number of aryl methyl sites for hydroxylation is 1. The number of rotatable bonds is 5. The summed E-state index contributed by atoms with van der Waals surface area (Å²) in [4.78, 5) is 3.46. The van der Waals surface area contributed by atoms with Crippen molar-refractivity contribution in [3.05, 3.63) is 101 Å². The zero-order valence-electron chi connectivity index (χ0n) is 15.2. The van der Waals surface area contributed by atoms with E-state index in [1.165, 1.54) is 0 Å². The van der Waals surface area contributed by atoms with Gasteiger partial charge in [-0.3, -0.25) is 0 Å². The third kappa shape index (κ3) is 3.69. The van der Waals surface area contributed by atoms with Crippen molar-refractivity contribution in [2.45, 2.75) is 17.9 Å². The van der Waals surface area contributed by atoms with E-state index in [1.54, 1.807) is 36.4 Å². The van der Waals surface area contributed by atoms with Crippen LogP contribution in [0.3, 0.4) is 0 Å². The maximum Gasteiger partial charge on any atom is 0.241 e. The molecule has 28 heavy (non-hydrogen) atoms. The lowest BCUT2D eigenvalue weighted by molar-refractivity contribution is 0.572. The van der Waals surface area contributed by atoms with Crippen LogP contribution in [-0.2, 0) is 10.0 Å². The van der Waals surface area contributed by atoms with E-state index in [4.69, 9.17) is 11.6 Å². The fourth-order valence-corrected chi connectivity index (χ4v) is 4.57. The second-order valence-corrected chi connectivity index (χ2v) is 8.86. The summed E-state index contributed by atoms with van der Waals surface area (Å²) >= 11 is 6.04. The maximum absolute atomic E-state index is 13.1. The number of hydrogen-bond acceptors (Lipinski definition) is 2. The van der Waals surface area contributed by atoms with Crippen molar-refractivity contribution in [3.8, 4) is 0 Å². The molecule has 142 valence electrons. The Morgan fingerprint density at radius 1 is 0.929 bits per heavy atom. The molecule has 1 aromatic heterocycles. The van der Waals surface area contributed by atoms with E-state index in [0.717, 1.165) is 27.6 Å². The van der Waals surface area contributed by atoms with Crippen LogP contribution in [0.2, 0.25) is 5.02 Å². The van der Waals surface area contributed by atoms with Gasteiger partial charge in [0.1, 0.15) is 0 Å². The van der Waals surface area contributed by atoms with Crippen molar-refractivity contribution in [1.82, 2.24) is 9.71 Å². The number of aromatic nitrogens is 1. The van der Waals surface area contributed by atoms with Gasteiger partial charge in [-0.2, -0.15) is 4.72 Å². The molecule has 4 aromatic rings. The SMILES string of the molecule is Cc1ccc(S(=O)(=O)N[C@@H](c2ccc(Cl)cc2)c2c[nH]c3ccccc23)cc1. The molecule has 0 aliphatic heterocycles. The fraction of sp³-hybridized carbons (Fsp3) is 0.0909. The predicted octanol–water partition coefficient (Wildman–Crippen LogP) is 5.20. The molecule has 0 saturated carbocycles. The Hall–Kier alpha value is -2.60. The van der Waals surface area contributed by atoms with E-state index in [-0.39, 0.29) is 4.90 Å². The first kappa shape index (κ1) is 18.7. The molecule has 0 bridgehead atoms. The molecule has 0 fully saturated rings. The molecule has 3 aromatic carbocycles. The van der Waals surface area contributed by atoms with E-state index in [0.29, 0.717) is 5.02 Å². The molecule has 4 nitrogen and oxygen atoms in total. The topological polar surface area (TPSA) is 62.0 Å². The van der Waals surface area contributed by atoms with E-state index < -0.39 is 16.1 Å². The lowest BCUT2D eigenvalue weighted by atomic mass is 9.99. The highest BCUT2D eigenvalue weighted by Gasteiger charge is 2.25. The molecule has 1 atom stereocenters. The highest BCUT2D eigenvalue weighted by molar-refractivity contribution is 7.89. The number of halogens is 1. The van der Waals surface area contributed by atoms with Gasteiger partial charge in [-0.15, -0.1) is 0 Å². The molecule has 6 heteroatoms. The van der Waals surface area contributed by atoms with Gasteiger partial charge in [-0.05, 0) is 48.4 Å². The zero-order valence-corrected chi connectivity index (χ0v) is 16.8. The van der Waals surface area contributed by atoms with Crippen molar-refractivity contribution in [1.29, 1.82) is 0 Å². The quantitative estimate of drug-likeness (QED) is 0.475. The summed E-state index contributed by atoms with van der Waals surface area (Å²) in [6, 6.07) is 21.3. The third-order valence-corrected chi connectivity index (χ3v) is 6.43. The van der Waals surface area contributed by atoms with Gasteiger partial charge in [0.25, 0.3) is 0 Å². The van der Waals surface area contributed by atoms with Gasteiger partial charge in [-0.1, -0.05) is 59.6 Å². The van der Waals surface area contributed by atoms with Gasteiger partial charge >= 0.3 is 0 Å². The summed E-state index contributed by atoms with van der Waals surface area (Å²) in [5, 5.41) is 1.57.